The van der Waals surface area contributed by atoms with Gasteiger partial charge in [0.1, 0.15) is 6.54 Å². The lowest BCUT2D eigenvalue weighted by Crippen LogP contribution is -2.37. The molecule has 2 rings (SSSR count). The zero-order valence-electron chi connectivity index (χ0n) is 14.6. The summed E-state index contributed by atoms with van der Waals surface area (Å²) in [4.78, 5) is 12.5. The lowest BCUT2D eigenvalue weighted by molar-refractivity contribution is -0.114. The molecule has 5 nitrogen and oxygen atoms in total. The molecule has 1 N–H and O–H groups in total. The number of carbonyl (C=O) groups excluding carboxylic acids is 1. The van der Waals surface area contributed by atoms with Gasteiger partial charge < -0.3 is 5.32 Å². The molecule has 2 aromatic carbocycles. The van der Waals surface area contributed by atoms with E-state index in [-0.39, 0.29) is 12.5 Å². The topological polar surface area (TPSA) is 66.5 Å². The van der Waals surface area contributed by atoms with Crippen LogP contribution in [-0.4, -0.2) is 27.1 Å². The number of nitrogens with zero attached hydrogens (tertiary/aromatic N) is 1. The van der Waals surface area contributed by atoms with E-state index in [0.717, 1.165) is 37.4 Å². The second-order valence-corrected chi connectivity index (χ2v) is 8.89. The van der Waals surface area contributed by atoms with Gasteiger partial charge >= 0.3 is 0 Å². The van der Waals surface area contributed by atoms with Gasteiger partial charge in [0, 0.05) is 10.2 Å². The molecule has 7 heteroatoms. The molecule has 0 aliphatic carbocycles. The number of sulfonamides is 1. The second kappa shape index (κ2) is 7.58. The van der Waals surface area contributed by atoms with Crippen molar-refractivity contribution in [2.24, 2.45) is 0 Å². The van der Waals surface area contributed by atoms with Gasteiger partial charge in [-0.1, -0.05) is 33.6 Å². The van der Waals surface area contributed by atoms with E-state index in [2.05, 4.69) is 21.2 Å². The van der Waals surface area contributed by atoms with Crippen molar-refractivity contribution in [1.82, 2.24) is 0 Å². The number of amides is 1. The highest BCUT2D eigenvalue weighted by Crippen LogP contribution is 2.23. The minimum atomic E-state index is -3.59. The van der Waals surface area contributed by atoms with Crippen LogP contribution in [0.25, 0.3) is 0 Å². The summed E-state index contributed by atoms with van der Waals surface area (Å²) >= 11 is 3.31. The summed E-state index contributed by atoms with van der Waals surface area (Å²) in [5, 5.41) is 2.84. The van der Waals surface area contributed by atoms with Crippen LogP contribution in [0.4, 0.5) is 11.4 Å². The largest absolute Gasteiger partial charge is 0.324 e. The average molecular weight is 425 g/mol. The first kappa shape index (κ1) is 19.5. The fourth-order valence-electron chi connectivity index (χ4n) is 2.69. The van der Waals surface area contributed by atoms with E-state index in [1.165, 1.54) is 0 Å². The van der Waals surface area contributed by atoms with Crippen LogP contribution >= 0.6 is 15.9 Å². The molecule has 2 aromatic rings. The monoisotopic (exact) mass is 424 g/mol. The lowest BCUT2D eigenvalue weighted by atomic mass is 10.1. The molecule has 0 atom stereocenters. The molecule has 0 spiro atoms. The van der Waals surface area contributed by atoms with Crippen LogP contribution < -0.4 is 9.62 Å². The Labute approximate surface area is 157 Å². The third-order valence-corrected chi connectivity index (χ3v) is 5.41. The fourth-order valence-corrected chi connectivity index (χ4v) is 3.81. The Hall–Kier alpha value is -1.86. The molecule has 0 aromatic heterocycles. The number of anilines is 2. The number of halogens is 1. The van der Waals surface area contributed by atoms with E-state index in [4.69, 9.17) is 0 Å². The van der Waals surface area contributed by atoms with Crippen molar-refractivity contribution in [1.29, 1.82) is 0 Å². The Kier molecular flexibility index (Phi) is 5.90. The predicted octanol–water partition coefficient (Wildman–Crippen LogP) is 3.78. The van der Waals surface area contributed by atoms with Crippen LogP contribution in [0.15, 0.2) is 40.9 Å². The van der Waals surface area contributed by atoms with Gasteiger partial charge in [-0.15, -0.1) is 0 Å². The number of aryl methyl sites for hydroxylation is 3. The zero-order chi connectivity index (χ0) is 18.8. The Balaban J connectivity index is 2.25. The number of nitrogens with one attached hydrogen (secondary N) is 1. The number of hydrogen-bond acceptors (Lipinski definition) is 3. The van der Waals surface area contributed by atoms with Gasteiger partial charge in [0.15, 0.2) is 0 Å². The number of hydrogen-bond donors (Lipinski definition) is 1. The highest BCUT2D eigenvalue weighted by atomic mass is 79.9. The summed E-state index contributed by atoms with van der Waals surface area (Å²) in [7, 11) is -3.59. The van der Waals surface area contributed by atoms with E-state index in [1.807, 2.05) is 32.9 Å². The molecule has 0 bridgehead atoms. The second-order valence-electron chi connectivity index (χ2n) is 6.07. The molecule has 0 aliphatic heterocycles. The first-order chi connectivity index (χ1) is 11.6. The summed E-state index contributed by atoms with van der Waals surface area (Å²) in [6, 6.07) is 10.7. The normalized spacial score (nSPS) is 11.2. The smallest absolute Gasteiger partial charge is 0.245 e. The Morgan fingerprint density at radius 2 is 1.60 bits per heavy atom. The third-order valence-electron chi connectivity index (χ3n) is 3.74. The molecule has 0 aliphatic rings. The van der Waals surface area contributed by atoms with Gasteiger partial charge in [0.05, 0.1) is 11.9 Å². The van der Waals surface area contributed by atoms with Crippen LogP contribution in [0.5, 0.6) is 0 Å². The molecule has 0 saturated carbocycles. The molecular formula is C18H21BrN2O3S. The first-order valence-electron chi connectivity index (χ1n) is 7.69. The molecule has 1 amide bonds. The molecule has 0 heterocycles. The van der Waals surface area contributed by atoms with Gasteiger partial charge in [0.2, 0.25) is 15.9 Å². The van der Waals surface area contributed by atoms with Crippen molar-refractivity contribution >= 4 is 43.2 Å². The van der Waals surface area contributed by atoms with Crippen molar-refractivity contribution in [2.75, 3.05) is 22.4 Å². The molecule has 25 heavy (non-hydrogen) atoms. The average Bonchev–Trinajstić information content (AvgIpc) is 2.48. The Morgan fingerprint density at radius 1 is 1.08 bits per heavy atom. The van der Waals surface area contributed by atoms with Gasteiger partial charge in [0.25, 0.3) is 0 Å². The van der Waals surface area contributed by atoms with Crippen LogP contribution in [0.3, 0.4) is 0 Å². The van der Waals surface area contributed by atoms with Crippen molar-refractivity contribution < 1.29 is 13.2 Å². The van der Waals surface area contributed by atoms with Crippen LogP contribution in [0.2, 0.25) is 0 Å². The zero-order valence-corrected chi connectivity index (χ0v) is 17.0. The summed E-state index contributed by atoms with van der Waals surface area (Å²) in [5.41, 5.74) is 4.17. The van der Waals surface area contributed by atoms with Gasteiger partial charge in [-0.3, -0.25) is 9.10 Å². The molecule has 0 saturated heterocycles. The molecule has 0 fully saturated rings. The lowest BCUT2D eigenvalue weighted by Gasteiger charge is -2.22. The maximum Gasteiger partial charge on any atom is 0.245 e. The van der Waals surface area contributed by atoms with E-state index < -0.39 is 10.0 Å². The number of benzene rings is 2. The van der Waals surface area contributed by atoms with Crippen LogP contribution in [0, 0.1) is 20.8 Å². The maximum absolute atomic E-state index is 12.5. The van der Waals surface area contributed by atoms with Crippen molar-refractivity contribution in [3.05, 3.63) is 57.6 Å². The molecule has 134 valence electrons. The van der Waals surface area contributed by atoms with E-state index in [0.29, 0.717) is 5.69 Å². The van der Waals surface area contributed by atoms with Gasteiger partial charge in [-0.2, -0.15) is 0 Å². The summed E-state index contributed by atoms with van der Waals surface area (Å²) in [6.07, 6.45) is 1.09. The van der Waals surface area contributed by atoms with Crippen molar-refractivity contribution in [3.63, 3.8) is 0 Å². The van der Waals surface area contributed by atoms with Gasteiger partial charge in [-0.05, 0) is 56.2 Å². The van der Waals surface area contributed by atoms with E-state index >= 15 is 0 Å². The maximum atomic E-state index is 12.5. The van der Waals surface area contributed by atoms with E-state index in [1.54, 1.807) is 24.3 Å². The molecule has 0 unspecified atom stereocenters. The minimum Gasteiger partial charge on any atom is -0.324 e. The summed E-state index contributed by atoms with van der Waals surface area (Å²) < 4.78 is 26.2. The number of rotatable bonds is 5. The van der Waals surface area contributed by atoms with Crippen molar-refractivity contribution in [2.45, 2.75) is 20.8 Å². The standard InChI is InChI=1S/C18H21BrN2O3S/c1-12-9-13(2)18(14(3)10-12)20-17(22)11-21(25(4,23)24)16-7-5-15(19)6-8-16/h5-10H,11H2,1-4H3,(H,20,22). The Bertz CT molecular complexity index is 870. The van der Waals surface area contributed by atoms with Crippen LogP contribution in [0.1, 0.15) is 16.7 Å². The first-order valence-corrected chi connectivity index (χ1v) is 10.3. The third kappa shape index (κ3) is 5.06. The molecular weight excluding hydrogens is 404 g/mol. The summed E-state index contributed by atoms with van der Waals surface area (Å²) in [6.45, 7) is 5.54. The van der Waals surface area contributed by atoms with Gasteiger partial charge in [-0.25, -0.2) is 8.42 Å². The highest BCUT2D eigenvalue weighted by Gasteiger charge is 2.21. The SMILES string of the molecule is Cc1cc(C)c(NC(=O)CN(c2ccc(Br)cc2)S(C)(=O)=O)c(C)c1. The molecule has 0 radical (unpaired) electrons. The fraction of sp³-hybridized carbons (Fsp3) is 0.278. The van der Waals surface area contributed by atoms with Crippen molar-refractivity contribution in [3.8, 4) is 0 Å². The summed E-state index contributed by atoms with van der Waals surface area (Å²) in [5.74, 6) is -0.386. The van der Waals surface area contributed by atoms with Crippen LogP contribution in [-0.2, 0) is 14.8 Å². The Morgan fingerprint density at radius 3 is 2.08 bits per heavy atom. The quantitative estimate of drug-likeness (QED) is 0.793. The minimum absolute atomic E-state index is 0.285. The highest BCUT2D eigenvalue weighted by molar-refractivity contribution is 9.10. The van der Waals surface area contributed by atoms with E-state index in [9.17, 15) is 13.2 Å². The number of carbonyl (C=O) groups is 1. The predicted molar refractivity (Wildman–Crippen MR) is 106 cm³/mol.